The molecule has 0 fully saturated rings. The van der Waals surface area contributed by atoms with E-state index in [2.05, 4.69) is 0 Å². The van der Waals surface area contributed by atoms with Crippen molar-refractivity contribution in [2.24, 2.45) is 11.8 Å². The number of aryl methyl sites for hydroxylation is 1. The Morgan fingerprint density at radius 2 is 1.81 bits per heavy atom. The predicted molar refractivity (Wildman–Crippen MR) is 80.1 cm³/mol. The quantitative estimate of drug-likeness (QED) is 0.850. The fourth-order valence-electron chi connectivity index (χ4n) is 3.32. The lowest BCUT2D eigenvalue weighted by Gasteiger charge is -2.34. The predicted octanol–water partition coefficient (Wildman–Crippen LogP) is 2.63. The number of carboxylic acid groups (broad SMARTS) is 1. The Bertz CT molecular complexity index is 593. The number of fused-ring (bicyclic) bond motifs is 1. The molecule has 0 radical (unpaired) electrons. The zero-order chi connectivity index (χ0) is 14.8. The van der Waals surface area contributed by atoms with Crippen LogP contribution in [0.15, 0.2) is 36.4 Å². The highest BCUT2D eigenvalue weighted by Gasteiger charge is 2.37. The second-order valence-electron chi connectivity index (χ2n) is 5.72. The number of para-hydroxylation sites is 1. The third-order valence-electron chi connectivity index (χ3n) is 4.44. The number of carbonyl (C=O) groups excluding carboxylic acids is 1. The van der Waals surface area contributed by atoms with E-state index in [1.54, 1.807) is 4.90 Å². The summed E-state index contributed by atoms with van der Waals surface area (Å²) in [5.41, 5.74) is 2.13. The number of hydrogen-bond acceptors (Lipinski definition) is 2. The minimum Gasteiger partial charge on any atom is -0.481 e. The van der Waals surface area contributed by atoms with E-state index in [1.807, 2.05) is 36.4 Å². The molecular weight excluding hydrogens is 266 g/mol. The van der Waals surface area contributed by atoms with Gasteiger partial charge in [0.1, 0.15) is 0 Å². The molecule has 1 aliphatic heterocycles. The number of benzene rings is 1. The molecule has 4 nitrogen and oxygen atoms in total. The zero-order valence-electron chi connectivity index (χ0n) is 11.9. The second kappa shape index (κ2) is 5.72. The van der Waals surface area contributed by atoms with E-state index in [0.717, 1.165) is 18.5 Å². The van der Waals surface area contributed by atoms with Crippen LogP contribution in [0.3, 0.4) is 0 Å². The Morgan fingerprint density at radius 3 is 2.57 bits per heavy atom. The van der Waals surface area contributed by atoms with Crippen molar-refractivity contribution in [2.75, 3.05) is 11.4 Å². The van der Waals surface area contributed by atoms with Crippen molar-refractivity contribution in [3.63, 3.8) is 0 Å². The van der Waals surface area contributed by atoms with E-state index in [4.69, 9.17) is 0 Å². The molecule has 2 aliphatic rings. The molecule has 0 aromatic heterocycles. The average Bonchev–Trinajstić information content (AvgIpc) is 2.53. The van der Waals surface area contributed by atoms with E-state index >= 15 is 0 Å². The first kappa shape index (κ1) is 13.9. The molecule has 1 aromatic carbocycles. The summed E-state index contributed by atoms with van der Waals surface area (Å²) in [7, 11) is 0. The Hall–Kier alpha value is -2.10. The van der Waals surface area contributed by atoms with Gasteiger partial charge in [-0.3, -0.25) is 9.59 Å². The topological polar surface area (TPSA) is 57.6 Å². The van der Waals surface area contributed by atoms with E-state index in [0.29, 0.717) is 19.4 Å². The molecule has 0 saturated heterocycles. The minimum absolute atomic E-state index is 0.0427. The van der Waals surface area contributed by atoms with Crippen LogP contribution in [0.5, 0.6) is 0 Å². The molecule has 3 rings (SSSR count). The van der Waals surface area contributed by atoms with Crippen LogP contribution in [-0.4, -0.2) is 23.5 Å². The Kier molecular flexibility index (Phi) is 3.78. The van der Waals surface area contributed by atoms with Gasteiger partial charge in [-0.2, -0.15) is 0 Å². The van der Waals surface area contributed by atoms with Gasteiger partial charge in [0.25, 0.3) is 0 Å². The monoisotopic (exact) mass is 285 g/mol. The zero-order valence-corrected chi connectivity index (χ0v) is 11.9. The second-order valence-corrected chi connectivity index (χ2v) is 5.72. The van der Waals surface area contributed by atoms with Crippen LogP contribution < -0.4 is 4.90 Å². The fourth-order valence-corrected chi connectivity index (χ4v) is 3.32. The third kappa shape index (κ3) is 2.58. The number of hydrogen-bond donors (Lipinski definition) is 1. The number of allylic oxidation sites excluding steroid dienone is 2. The Morgan fingerprint density at radius 1 is 1.10 bits per heavy atom. The van der Waals surface area contributed by atoms with Gasteiger partial charge in [0.05, 0.1) is 11.8 Å². The van der Waals surface area contributed by atoms with Crippen molar-refractivity contribution >= 4 is 17.6 Å². The molecule has 4 heteroatoms. The lowest BCUT2D eigenvalue weighted by atomic mass is 9.81. The van der Waals surface area contributed by atoms with Crippen molar-refractivity contribution in [2.45, 2.75) is 25.7 Å². The molecule has 1 amide bonds. The number of rotatable bonds is 2. The molecule has 0 bridgehead atoms. The van der Waals surface area contributed by atoms with Gasteiger partial charge in [-0.1, -0.05) is 30.4 Å². The molecule has 1 heterocycles. The number of nitrogens with zero attached hydrogens (tertiary/aromatic N) is 1. The van der Waals surface area contributed by atoms with Crippen LogP contribution in [0.25, 0.3) is 0 Å². The van der Waals surface area contributed by atoms with E-state index < -0.39 is 17.8 Å². The van der Waals surface area contributed by atoms with Crippen LogP contribution in [-0.2, 0) is 16.0 Å². The van der Waals surface area contributed by atoms with Crippen molar-refractivity contribution < 1.29 is 14.7 Å². The van der Waals surface area contributed by atoms with Crippen molar-refractivity contribution in [3.05, 3.63) is 42.0 Å². The highest BCUT2D eigenvalue weighted by atomic mass is 16.4. The SMILES string of the molecule is O=C(O)[C@H]1CC=CC[C@@H]1C(=O)N1CCCc2ccccc21. The van der Waals surface area contributed by atoms with E-state index in [-0.39, 0.29) is 5.91 Å². The first-order chi connectivity index (χ1) is 10.2. The van der Waals surface area contributed by atoms with Crippen LogP contribution in [0.4, 0.5) is 5.69 Å². The highest BCUT2D eigenvalue weighted by molar-refractivity contribution is 5.98. The lowest BCUT2D eigenvalue weighted by Crippen LogP contribution is -2.44. The standard InChI is InChI=1S/C17H19NO3/c19-16(13-8-2-3-9-14(13)17(20)21)18-11-5-7-12-6-1-4-10-15(12)18/h1-4,6,10,13-14H,5,7-9,11H2,(H,20,21)/t13-,14-/m0/s1. The van der Waals surface area contributed by atoms with Gasteiger partial charge < -0.3 is 10.0 Å². The Balaban J connectivity index is 1.89. The maximum atomic E-state index is 12.9. The number of amides is 1. The first-order valence-corrected chi connectivity index (χ1v) is 7.45. The van der Waals surface area contributed by atoms with Crippen molar-refractivity contribution in [1.82, 2.24) is 0 Å². The van der Waals surface area contributed by atoms with Crippen LogP contribution in [0.1, 0.15) is 24.8 Å². The Labute approximate surface area is 124 Å². The van der Waals surface area contributed by atoms with Crippen molar-refractivity contribution in [3.8, 4) is 0 Å². The van der Waals surface area contributed by atoms with Gasteiger partial charge in [0.15, 0.2) is 0 Å². The number of carbonyl (C=O) groups is 2. The molecule has 21 heavy (non-hydrogen) atoms. The average molecular weight is 285 g/mol. The molecular formula is C17H19NO3. The summed E-state index contributed by atoms with van der Waals surface area (Å²) < 4.78 is 0. The smallest absolute Gasteiger partial charge is 0.307 e. The first-order valence-electron chi connectivity index (χ1n) is 7.45. The van der Waals surface area contributed by atoms with Crippen molar-refractivity contribution in [1.29, 1.82) is 0 Å². The summed E-state index contributed by atoms with van der Waals surface area (Å²) >= 11 is 0. The third-order valence-corrected chi connectivity index (χ3v) is 4.44. The maximum absolute atomic E-state index is 12.9. The van der Waals surface area contributed by atoms with Gasteiger partial charge in [0, 0.05) is 12.2 Å². The van der Waals surface area contributed by atoms with Gasteiger partial charge in [0.2, 0.25) is 5.91 Å². The fraction of sp³-hybridized carbons (Fsp3) is 0.412. The van der Waals surface area contributed by atoms with Gasteiger partial charge in [-0.05, 0) is 37.3 Å². The minimum atomic E-state index is -0.872. The molecule has 0 unspecified atom stereocenters. The highest BCUT2D eigenvalue weighted by Crippen LogP contribution is 2.33. The molecule has 110 valence electrons. The summed E-state index contributed by atoms with van der Waals surface area (Å²) in [4.78, 5) is 26.0. The number of carboxylic acids is 1. The molecule has 1 aromatic rings. The van der Waals surface area contributed by atoms with E-state index in [1.165, 1.54) is 5.56 Å². The normalized spacial score (nSPS) is 24.5. The number of aliphatic carboxylic acids is 1. The van der Waals surface area contributed by atoms with E-state index in [9.17, 15) is 14.7 Å². The summed E-state index contributed by atoms with van der Waals surface area (Å²) in [6.07, 6.45) is 6.68. The molecule has 1 N–H and O–H groups in total. The number of anilines is 1. The molecule has 2 atom stereocenters. The van der Waals surface area contributed by atoms with Gasteiger partial charge >= 0.3 is 5.97 Å². The van der Waals surface area contributed by atoms with Crippen LogP contribution in [0, 0.1) is 11.8 Å². The van der Waals surface area contributed by atoms with Crippen LogP contribution >= 0.6 is 0 Å². The lowest BCUT2D eigenvalue weighted by molar-refractivity contribution is -0.146. The molecule has 1 aliphatic carbocycles. The summed E-state index contributed by atoms with van der Waals surface area (Å²) in [5, 5.41) is 9.35. The largest absolute Gasteiger partial charge is 0.481 e. The summed E-state index contributed by atoms with van der Waals surface area (Å²) in [6, 6.07) is 7.92. The molecule has 0 saturated carbocycles. The van der Waals surface area contributed by atoms with Gasteiger partial charge in [-0.15, -0.1) is 0 Å². The van der Waals surface area contributed by atoms with Gasteiger partial charge in [-0.25, -0.2) is 0 Å². The maximum Gasteiger partial charge on any atom is 0.307 e. The van der Waals surface area contributed by atoms with Crippen LogP contribution in [0.2, 0.25) is 0 Å². The molecule has 0 spiro atoms. The summed E-state index contributed by atoms with van der Waals surface area (Å²) in [6.45, 7) is 0.683. The summed E-state index contributed by atoms with van der Waals surface area (Å²) in [5.74, 6) is -1.96.